The Bertz CT molecular complexity index is 720. The predicted molar refractivity (Wildman–Crippen MR) is 111 cm³/mol. The van der Waals surface area contributed by atoms with Gasteiger partial charge in [0.05, 0.1) is 5.25 Å². The molecular formula is C20H27N3O5S. The van der Waals surface area contributed by atoms with Crippen LogP contribution in [0.25, 0.3) is 0 Å². The molecule has 1 unspecified atom stereocenters. The SMILES string of the molecule is CN(Cc1ccccc1)C(=O)[C@H](O)[C@@H](O)C(=O)NCCCNC(=O)C1CC=CS1. The van der Waals surface area contributed by atoms with Gasteiger partial charge in [-0.2, -0.15) is 0 Å². The molecule has 158 valence electrons. The average Bonchev–Trinajstić information content (AvgIpc) is 3.27. The number of thioether (sulfide) groups is 1. The normalized spacial score (nSPS) is 17.4. The van der Waals surface area contributed by atoms with Crippen LogP contribution in [0.1, 0.15) is 18.4 Å². The van der Waals surface area contributed by atoms with Crippen LogP contribution in [0.5, 0.6) is 0 Å². The molecule has 0 fully saturated rings. The number of benzene rings is 1. The van der Waals surface area contributed by atoms with E-state index in [0.29, 0.717) is 19.4 Å². The van der Waals surface area contributed by atoms with Crippen molar-refractivity contribution in [1.82, 2.24) is 15.5 Å². The number of amides is 3. The molecular weight excluding hydrogens is 394 g/mol. The second-order valence-electron chi connectivity index (χ2n) is 6.74. The van der Waals surface area contributed by atoms with E-state index in [1.165, 1.54) is 23.7 Å². The molecule has 3 atom stereocenters. The molecule has 1 aliphatic heterocycles. The third-order valence-corrected chi connectivity index (χ3v) is 5.48. The lowest BCUT2D eigenvalue weighted by atomic mass is 10.1. The number of aliphatic hydroxyl groups is 2. The standard InChI is InChI=1S/C20H27N3O5S/c1-23(13-14-7-3-2-4-8-14)20(28)17(25)16(24)19(27)22-11-6-10-21-18(26)15-9-5-12-29-15/h2-5,7-8,12,15-17,24-25H,6,9-11,13H2,1H3,(H,21,26)(H,22,27)/t15?,16-,17-/m1/s1. The monoisotopic (exact) mass is 421 g/mol. The smallest absolute Gasteiger partial charge is 0.254 e. The molecule has 0 bridgehead atoms. The second-order valence-corrected chi connectivity index (χ2v) is 7.85. The number of nitrogens with zero attached hydrogens (tertiary/aromatic N) is 1. The average molecular weight is 422 g/mol. The van der Waals surface area contributed by atoms with Gasteiger partial charge in [0.25, 0.3) is 11.8 Å². The molecule has 1 aromatic rings. The van der Waals surface area contributed by atoms with E-state index >= 15 is 0 Å². The fourth-order valence-corrected chi connectivity index (χ4v) is 3.56. The Morgan fingerprint density at radius 1 is 1.14 bits per heavy atom. The Morgan fingerprint density at radius 2 is 1.83 bits per heavy atom. The minimum absolute atomic E-state index is 0.0474. The lowest BCUT2D eigenvalue weighted by Crippen LogP contribution is -2.50. The summed E-state index contributed by atoms with van der Waals surface area (Å²) in [6.45, 7) is 0.833. The van der Waals surface area contributed by atoms with Crippen LogP contribution in [-0.4, -0.2) is 70.4 Å². The van der Waals surface area contributed by atoms with Crippen molar-refractivity contribution in [3.8, 4) is 0 Å². The van der Waals surface area contributed by atoms with E-state index < -0.39 is 24.0 Å². The molecule has 2 rings (SSSR count). The van der Waals surface area contributed by atoms with E-state index in [2.05, 4.69) is 10.6 Å². The molecule has 4 N–H and O–H groups in total. The van der Waals surface area contributed by atoms with Crippen LogP contribution in [0.4, 0.5) is 0 Å². The van der Waals surface area contributed by atoms with E-state index in [1.807, 2.05) is 41.8 Å². The summed E-state index contributed by atoms with van der Waals surface area (Å²) in [5, 5.41) is 27.1. The van der Waals surface area contributed by atoms with Gasteiger partial charge in [0.15, 0.2) is 12.2 Å². The third-order valence-electron chi connectivity index (χ3n) is 4.39. The van der Waals surface area contributed by atoms with Gasteiger partial charge >= 0.3 is 0 Å². The molecule has 1 aromatic carbocycles. The van der Waals surface area contributed by atoms with Gasteiger partial charge in [0.2, 0.25) is 5.91 Å². The van der Waals surface area contributed by atoms with E-state index in [-0.39, 0.29) is 24.2 Å². The number of allylic oxidation sites excluding steroid dienone is 1. The van der Waals surface area contributed by atoms with Crippen molar-refractivity contribution in [3.63, 3.8) is 0 Å². The number of hydrogen-bond donors (Lipinski definition) is 4. The Morgan fingerprint density at radius 3 is 2.48 bits per heavy atom. The van der Waals surface area contributed by atoms with Crippen LogP contribution in [0.2, 0.25) is 0 Å². The first-order valence-corrected chi connectivity index (χ1v) is 10.4. The molecule has 1 heterocycles. The van der Waals surface area contributed by atoms with Gasteiger partial charge in [-0.3, -0.25) is 14.4 Å². The maximum absolute atomic E-state index is 12.3. The highest BCUT2D eigenvalue weighted by Gasteiger charge is 2.32. The quantitative estimate of drug-likeness (QED) is 0.395. The molecule has 1 aliphatic rings. The van der Waals surface area contributed by atoms with Crippen molar-refractivity contribution in [2.75, 3.05) is 20.1 Å². The van der Waals surface area contributed by atoms with Crippen LogP contribution in [0.15, 0.2) is 41.8 Å². The van der Waals surface area contributed by atoms with Crippen molar-refractivity contribution in [1.29, 1.82) is 0 Å². The first-order valence-electron chi connectivity index (χ1n) is 9.41. The fraction of sp³-hybridized carbons (Fsp3) is 0.450. The first-order chi connectivity index (χ1) is 13.9. The van der Waals surface area contributed by atoms with Crippen molar-refractivity contribution >= 4 is 29.5 Å². The van der Waals surface area contributed by atoms with E-state index in [9.17, 15) is 24.6 Å². The molecule has 0 saturated heterocycles. The third kappa shape index (κ3) is 7.19. The second kappa shape index (κ2) is 11.6. The van der Waals surface area contributed by atoms with Gasteiger partial charge in [0.1, 0.15) is 0 Å². The zero-order valence-electron chi connectivity index (χ0n) is 16.3. The summed E-state index contributed by atoms with van der Waals surface area (Å²) >= 11 is 1.47. The Balaban J connectivity index is 1.67. The zero-order chi connectivity index (χ0) is 21.2. The Kier molecular flexibility index (Phi) is 9.17. The summed E-state index contributed by atoms with van der Waals surface area (Å²) in [4.78, 5) is 37.3. The minimum atomic E-state index is -1.86. The van der Waals surface area contributed by atoms with Crippen LogP contribution in [0.3, 0.4) is 0 Å². The zero-order valence-corrected chi connectivity index (χ0v) is 17.1. The Labute approximate surface area is 174 Å². The number of hydrogen-bond acceptors (Lipinski definition) is 6. The molecule has 0 spiro atoms. The van der Waals surface area contributed by atoms with Gasteiger partial charge in [0, 0.05) is 26.7 Å². The number of rotatable bonds is 10. The summed E-state index contributed by atoms with van der Waals surface area (Å²) in [5.41, 5.74) is 0.864. The maximum atomic E-state index is 12.3. The van der Waals surface area contributed by atoms with E-state index in [4.69, 9.17) is 0 Å². The molecule has 29 heavy (non-hydrogen) atoms. The molecule has 3 amide bonds. The van der Waals surface area contributed by atoms with Gasteiger partial charge in [-0.05, 0) is 23.8 Å². The van der Waals surface area contributed by atoms with Crippen molar-refractivity contribution < 1.29 is 24.6 Å². The van der Waals surface area contributed by atoms with Crippen molar-refractivity contribution in [2.24, 2.45) is 0 Å². The van der Waals surface area contributed by atoms with Crippen molar-refractivity contribution in [3.05, 3.63) is 47.4 Å². The van der Waals surface area contributed by atoms with Crippen molar-refractivity contribution in [2.45, 2.75) is 36.8 Å². The predicted octanol–water partition coefficient (Wildman–Crippen LogP) is 0.00850. The molecule has 0 aromatic heterocycles. The van der Waals surface area contributed by atoms with Crippen LogP contribution < -0.4 is 10.6 Å². The molecule has 0 aliphatic carbocycles. The van der Waals surface area contributed by atoms with Crippen LogP contribution in [-0.2, 0) is 20.9 Å². The fourth-order valence-electron chi connectivity index (χ4n) is 2.72. The number of likely N-dealkylation sites (N-methyl/N-ethyl adjacent to an activating group) is 1. The summed E-state index contributed by atoms with van der Waals surface area (Å²) in [5.74, 6) is -1.62. The Hall–Kier alpha value is -2.36. The largest absolute Gasteiger partial charge is 0.380 e. The van der Waals surface area contributed by atoms with Gasteiger partial charge < -0.3 is 25.7 Å². The number of aliphatic hydroxyl groups excluding tert-OH is 2. The van der Waals surface area contributed by atoms with Crippen LogP contribution >= 0.6 is 11.8 Å². The molecule has 0 saturated carbocycles. The van der Waals surface area contributed by atoms with Gasteiger partial charge in [-0.1, -0.05) is 36.4 Å². The first kappa shape index (κ1) is 22.9. The number of carbonyl (C=O) groups is 3. The lowest BCUT2D eigenvalue weighted by Gasteiger charge is -2.23. The molecule has 8 nitrogen and oxygen atoms in total. The van der Waals surface area contributed by atoms with Crippen LogP contribution in [0, 0.1) is 0 Å². The van der Waals surface area contributed by atoms with E-state index in [0.717, 1.165) is 5.56 Å². The highest BCUT2D eigenvalue weighted by molar-refractivity contribution is 8.03. The summed E-state index contributed by atoms with van der Waals surface area (Å²) < 4.78 is 0. The summed E-state index contributed by atoms with van der Waals surface area (Å²) in [7, 11) is 1.49. The lowest BCUT2D eigenvalue weighted by molar-refractivity contribution is -0.152. The highest BCUT2D eigenvalue weighted by Crippen LogP contribution is 2.23. The maximum Gasteiger partial charge on any atom is 0.254 e. The minimum Gasteiger partial charge on any atom is -0.380 e. The summed E-state index contributed by atoms with van der Waals surface area (Å²) in [6.07, 6.45) is -0.594. The van der Waals surface area contributed by atoms with Gasteiger partial charge in [-0.15, -0.1) is 11.8 Å². The van der Waals surface area contributed by atoms with Gasteiger partial charge in [-0.25, -0.2) is 0 Å². The molecule has 9 heteroatoms. The topological polar surface area (TPSA) is 119 Å². The highest BCUT2D eigenvalue weighted by atomic mass is 32.2. The number of carbonyl (C=O) groups excluding carboxylic acids is 3. The summed E-state index contributed by atoms with van der Waals surface area (Å²) in [6, 6.07) is 9.18. The molecule has 0 radical (unpaired) electrons. The van der Waals surface area contributed by atoms with E-state index in [1.54, 1.807) is 0 Å². The number of nitrogens with one attached hydrogen (secondary N) is 2.